The summed E-state index contributed by atoms with van der Waals surface area (Å²) < 4.78 is 5.65. The van der Waals surface area contributed by atoms with Crippen LogP contribution in [0.25, 0.3) is 0 Å². The van der Waals surface area contributed by atoms with E-state index in [4.69, 9.17) is 4.74 Å². The number of ether oxygens (including phenoxy) is 1. The third-order valence-corrected chi connectivity index (χ3v) is 6.02. The maximum atomic E-state index is 5.65. The normalized spacial score (nSPS) is 22.9. The number of halogens is 1. The van der Waals surface area contributed by atoms with Gasteiger partial charge in [0.15, 0.2) is 5.96 Å². The molecule has 2 aliphatic heterocycles. The maximum absolute atomic E-state index is 5.65. The third kappa shape index (κ3) is 6.34. The number of likely N-dealkylation sites (tertiary alicyclic amines) is 1. The van der Waals surface area contributed by atoms with Gasteiger partial charge in [-0.2, -0.15) is 0 Å². The van der Waals surface area contributed by atoms with Gasteiger partial charge in [0.1, 0.15) is 0 Å². The van der Waals surface area contributed by atoms with Crippen molar-refractivity contribution in [2.24, 2.45) is 15.8 Å². The van der Waals surface area contributed by atoms with Crippen LogP contribution in [-0.2, 0) is 11.2 Å². The molecule has 1 spiro atoms. The highest BCUT2D eigenvalue weighted by molar-refractivity contribution is 14.0. The highest BCUT2D eigenvalue weighted by atomic mass is 127. The van der Waals surface area contributed by atoms with Gasteiger partial charge in [-0.3, -0.25) is 4.99 Å². The summed E-state index contributed by atoms with van der Waals surface area (Å²) in [4.78, 5) is 6.97. The summed E-state index contributed by atoms with van der Waals surface area (Å²) in [5.74, 6) is 1.06. The van der Waals surface area contributed by atoms with Gasteiger partial charge in [0.2, 0.25) is 0 Å². The smallest absolute Gasteiger partial charge is 0.193 e. The third-order valence-electron chi connectivity index (χ3n) is 6.02. The van der Waals surface area contributed by atoms with Crippen molar-refractivity contribution in [2.45, 2.75) is 46.0 Å². The van der Waals surface area contributed by atoms with E-state index in [1.54, 1.807) is 0 Å². The second-order valence-electron chi connectivity index (χ2n) is 8.88. The number of hydrogen-bond acceptors (Lipinski definition) is 2. The molecule has 0 radical (unpaired) electrons. The predicted octanol–water partition coefficient (Wildman–Crippen LogP) is 4.34. The predicted molar refractivity (Wildman–Crippen MR) is 124 cm³/mol. The standard InChI is InChI=1S/C22H35N3O.HI/c1-21(2,11-7-10-19-8-5-4-6-9-19)16-24-20(23-3)25-14-12-22(17-25)13-15-26-18-22;/h4-6,8-9H,7,10-18H2,1-3H3,(H,23,24);1H. The lowest BCUT2D eigenvalue weighted by Crippen LogP contribution is -2.44. The van der Waals surface area contributed by atoms with Crippen LogP contribution in [0.3, 0.4) is 0 Å². The largest absolute Gasteiger partial charge is 0.381 e. The molecule has 1 aromatic rings. The molecule has 1 N–H and O–H groups in total. The van der Waals surface area contributed by atoms with Crippen LogP contribution in [0.4, 0.5) is 0 Å². The Morgan fingerprint density at radius 2 is 2.04 bits per heavy atom. The van der Waals surface area contributed by atoms with Gasteiger partial charge in [-0.25, -0.2) is 0 Å². The Labute approximate surface area is 182 Å². The molecule has 3 rings (SSSR count). The zero-order chi connectivity index (χ0) is 18.5. The topological polar surface area (TPSA) is 36.9 Å². The second kappa shape index (κ2) is 10.1. The van der Waals surface area contributed by atoms with Gasteiger partial charge in [0, 0.05) is 38.7 Å². The van der Waals surface area contributed by atoms with E-state index in [-0.39, 0.29) is 29.4 Å². The van der Waals surface area contributed by atoms with Gasteiger partial charge >= 0.3 is 0 Å². The molecule has 5 heteroatoms. The highest BCUT2D eigenvalue weighted by Crippen LogP contribution is 2.38. The van der Waals surface area contributed by atoms with Crippen LogP contribution in [0.2, 0.25) is 0 Å². The summed E-state index contributed by atoms with van der Waals surface area (Å²) in [6.45, 7) is 9.70. The lowest BCUT2D eigenvalue weighted by atomic mass is 9.86. The van der Waals surface area contributed by atoms with Gasteiger partial charge in [0.05, 0.1) is 6.61 Å². The lowest BCUT2D eigenvalue weighted by molar-refractivity contribution is 0.156. The molecule has 0 amide bonds. The van der Waals surface area contributed by atoms with Crippen LogP contribution in [0.5, 0.6) is 0 Å². The summed E-state index contributed by atoms with van der Waals surface area (Å²) in [6, 6.07) is 10.8. The zero-order valence-corrected chi connectivity index (χ0v) is 19.5. The number of hydrogen-bond donors (Lipinski definition) is 1. The summed E-state index contributed by atoms with van der Waals surface area (Å²) in [5, 5.41) is 3.64. The fourth-order valence-electron chi connectivity index (χ4n) is 4.24. The first kappa shape index (κ1) is 22.5. The van der Waals surface area contributed by atoms with Gasteiger partial charge in [-0.1, -0.05) is 44.2 Å². The van der Waals surface area contributed by atoms with Crippen LogP contribution >= 0.6 is 24.0 Å². The average molecular weight is 485 g/mol. The van der Waals surface area contributed by atoms with E-state index in [2.05, 4.69) is 59.4 Å². The van der Waals surface area contributed by atoms with E-state index in [0.717, 1.165) is 45.2 Å². The molecule has 1 aromatic carbocycles. The summed E-state index contributed by atoms with van der Waals surface area (Å²) in [6.07, 6.45) is 6.03. The molecular formula is C22H36IN3O. The Morgan fingerprint density at radius 3 is 2.70 bits per heavy atom. The van der Waals surface area contributed by atoms with Gasteiger partial charge in [-0.15, -0.1) is 24.0 Å². The number of nitrogens with zero attached hydrogens (tertiary/aromatic N) is 2. The number of rotatable bonds is 6. The van der Waals surface area contributed by atoms with Crippen LogP contribution in [0.15, 0.2) is 35.3 Å². The van der Waals surface area contributed by atoms with E-state index in [1.165, 1.54) is 31.2 Å². The van der Waals surface area contributed by atoms with Gasteiger partial charge in [-0.05, 0) is 43.1 Å². The molecule has 152 valence electrons. The quantitative estimate of drug-likeness (QED) is 0.370. The monoisotopic (exact) mass is 485 g/mol. The van der Waals surface area contributed by atoms with E-state index in [0.29, 0.717) is 5.41 Å². The molecule has 2 fully saturated rings. The van der Waals surface area contributed by atoms with Crippen LogP contribution < -0.4 is 5.32 Å². The Balaban J connectivity index is 0.00000261. The first-order chi connectivity index (χ1) is 12.5. The Kier molecular flexibility index (Phi) is 8.40. The summed E-state index contributed by atoms with van der Waals surface area (Å²) >= 11 is 0. The van der Waals surface area contributed by atoms with Gasteiger partial charge < -0.3 is 15.0 Å². The van der Waals surface area contributed by atoms with Crippen molar-refractivity contribution < 1.29 is 4.74 Å². The molecule has 0 aromatic heterocycles. The maximum Gasteiger partial charge on any atom is 0.193 e. The minimum Gasteiger partial charge on any atom is -0.381 e. The molecular weight excluding hydrogens is 449 g/mol. The molecule has 0 aliphatic carbocycles. The molecule has 4 nitrogen and oxygen atoms in total. The SMILES string of the molecule is CN=C(NCC(C)(C)CCCc1ccccc1)N1CCC2(CCOC2)C1.I. The van der Waals surface area contributed by atoms with E-state index in [1.807, 2.05) is 7.05 Å². The first-order valence-electron chi connectivity index (χ1n) is 10.1. The number of benzene rings is 1. The number of nitrogens with one attached hydrogen (secondary N) is 1. The zero-order valence-electron chi connectivity index (χ0n) is 17.2. The Hall–Kier alpha value is -0.820. The van der Waals surface area contributed by atoms with Crippen molar-refractivity contribution in [3.05, 3.63) is 35.9 Å². The van der Waals surface area contributed by atoms with E-state index >= 15 is 0 Å². The van der Waals surface area contributed by atoms with Crippen LogP contribution in [0.1, 0.15) is 45.1 Å². The lowest BCUT2D eigenvalue weighted by Gasteiger charge is -2.29. The molecule has 0 bridgehead atoms. The second-order valence-corrected chi connectivity index (χ2v) is 8.88. The fraction of sp³-hybridized carbons (Fsp3) is 0.682. The Morgan fingerprint density at radius 1 is 1.26 bits per heavy atom. The molecule has 2 aliphatic rings. The van der Waals surface area contributed by atoms with E-state index < -0.39 is 0 Å². The molecule has 1 unspecified atom stereocenters. The van der Waals surface area contributed by atoms with Crippen molar-refractivity contribution in [2.75, 3.05) is 39.9 Å². The van der Waals surface area contributed by atoms with Crippen molar-refractivity contribution in [3.8, 4) is 0 Å². The summed E-state index contributed by atoms with van der Waals surface area (Å²) in [7, 11) is 1.90. The molecule has 2 saturated heterocycles. The van der Waals surface area contributed by atoms with Crippen molar-refractivity contribution >= 4 is 29.9 Å². The van der Waals surface area contributed by atoms with Crippen molar-refractivity contribution in [3.63, 3.8) is 0 Å². The van der Waals surface area contributed by atoms with Crippen LogP contribution in [-0.4, -0.2) is 50.8 Å². The molecule has 2 heterocycles. The first-order valence-corrected chi connectivity index (χ1v) is 10.1. The molecule has 0 saturated carbocycles. The average Bonchev–Trinajstić information content (AvgIpc) is 3.27. The molecule has 27 heavy (non-hydrogen) atoms. The molecule has 1 atom stereocenters. The minimum atomic E-state index is 0. The van der Waals surface area contributed by atoms with E-state index in [9.17, 15) is 0 Å². The van der Waals surface area contributed by atoms with Crippen molar-refractivity contribution in [1.82, 2.24) is 10.2 Å². The Bertz CT molecular complexity index is 597. The van der Waals surface area contributed by atoms with Crippen molar-refractivity contribution in [1.29, 1.82) is 0 Å². The number of aliphatic imine (C=N–C) groups is 1. The minimum absolute atomic E-state index is 0. The van der Waals surface area contributed by atoms with Gasteiger partial charge in [0.25, 0.3) is 0 Å². The number of guanidine groups is 1. The number of aryl methyl sites for hydroxylation is 1. The highest BCUT2D eigenvalue weighted by Gasteiger charge is 2.42. The van der Waals surface area contributed by atoms with Crippen LogP contribution in [0, 0.1) is 10.8 Å². The fourth-order valence-corrected chi connectivity index (χ4v) is 4.24. The summed E-state index contributed by atoms with van der Waals surface area (Å²) in [5.41, 5.74) is 2.08.